The van der Waals surface area contributed by atoms with Gasteiger partial charge in [-0.3, -0.25) is 10.1 Å². The van der Waals surface area contributed by atoms with Crippen LogP contribution < -0.4 is 10.6 Å². The summed E-state index contributed by atoms with van der Waals surface area (Å²) in [6.45, 7) is 0. The number of alkyl halides is 3. The molecule has 3 rings (SSSR count). The van der Waals surface area contributed by atoms with Crippen LogP contribution in [0.15, 0.2) is 18.2 Å². The quantitative estimate of drug-likeness (QED) is 0.546. The predicted octanol–water partition coefficient (Wildman–Crippen LogP) is 2.52. The molecule has 2 fully saturated rings. The van der Waals surface area contributed by atoms with Crippen molar-refractivity contribution in [3.8, 4) is 6.07 Å². The molecule has 0 unspecified atom stereocenters. The van der Waals surface area contributed by atoms with Crippen LogP contribution in [0.5, 0.6) is 0 Å². The number of nitrogens with zero attached hydrogens (tertiary/aromatic N) is 1. The number of carbonyl (C=O) groups is 1. The fraction of sp³-hybridized carbons (Fsp3) is 0.579. The van der Waals surface area contributed by atoms with Gasteiger partial charge in [0.2, 0.25) is 5.91 Å². The van der Waals surface area contributed by atoms with Crippen LogP contribution in [0.4, 0.5) is 22.0 Å². The molecule has 2 N–H and O–H groups in total. The van der Waals surface area contributed by atoms with Crippen molar-refractivity contribution in [3.63, 3.8) is 0 Å². The van der Waals surface area contributed by atoms with Crippen LogP contribution in [0.2, 0.25) is 0 Å². The van der Waals surface area contributed by atoms with E-state index in [1.807, 2.05) is 11.4 Å². The molecule has 2 saturated carbocycles. The molecule has 0 bridgehead atoms. The Morgan fingerprint density at radius 3 is 2.39 bits per heavy atom. The summed E-state index contributed by atoms with van der Waals surface area (Å²) in [7, 11) is -3.92. The Morgan fingerprint density at radius 2 is 1.90 bits per heavy atom. The lowest BCUT2D eigenvalue weighted by Gasteiger charge is -2.28. The molecule has 0 radical (unpaired) electrons. The summed E-state index contributed by atoms with van der Waals surface area (Å²) >= 11 is 0. The zero-order valence-electron chi connectivity index (χ0n) is 16.2. The smallest absolute Gasteiger partial charge is 0.336 e. The molecule has 0 spiro atoms. The summed E-state index contributed by atoms with van der Waals surface area (Å²) in [5.74, 6) is -5.01. The van der Waals surface area contributed by atoms with Gasteiger partial charge in [0, 0.05) is 11.6 Å². The molecular formula is C19H20F5N3O3S. The molecule has 1 amide bonds. The molecule has 12 heteroatoms. The Hall–Kier alpha value is -2.26. The van der Waals surface area contributed by atoms with Crippen LogP contribution in [-0.2, 0) is 14.6 Å². The number of halogens is 5. The summed E-state index contributed by atoms with van der Waals surface area (Å²) < 4.78 is 93.3. The lowest BCUT2D eigenvalue weighted by atomic mass is 10.0. The minimum Gasteiger partial charge on any atom is -0.336 e. The van der Waals surface area contributed by atoms with Gasteiger partial charge in [0.05, 0.1) is 17.6 Å². The maximum absolute atomic E-state index is 14.1. The molecule has 1 aromatic rings. The number of hydrogen-bond donors (Lipinski definition) is 2. The normalized spacial score (nSPS) is 19.9. The second-order valence-corrected chi connectivity index (χ2v) is 10.2. The molecule has 1 aromatic carbocycles. The fourth-order valence-electron chi connectivity index (χ4n) is 3.18. The van der Waals surface area contributed by atoms with Gasteiger partial charge in [-0.05, 0) is 37.7 Å². The Balaban J connectivity index is 1.89. The van der Waals surface area contributed by atoms with Crippen LogP contribution in [0.1, 0.15) is 37.3 Å². The molecule has 31 heavy (non-hydrogen) atoms. The topological polar surface area (TPSA) is 99.1 Å². The summed E-state index contributed by atoms with van der Waals surface area (Å²) in [5.41, 5.74) is -2.22. The number of hydrogen-bond acceptors (Lipinski definition) is 5. The second kappa shape index (κ2) is 8.35. The van der Waals surface area contributed by atoms with Gasteiger partial charge in [-0.15, -0.1) is 0 Å². The SMILES string of the molecule is N#CC1(NC(=O)[C@H](CS(=O)(=O)CC2CC2)N[C@H](c2ccc(F)cc2F)C(F)(F)F)CC1. The van der Waals surface area contributed by atoms with E-state index >= 15 is 0 Å². The number of nitrogens with one attached hydrogen (secondary N) is 2. The number of amides is 1. The largest absolute Gasteiger partial charge is 0.408 e. The molecule has 0 aromatic heterocycles. The molecule has 2 aliphatic rings. The molecule has 0 aliphatic heterocycles. The fourth-order valence-corrected chi connectivity index (χ4v) is 5.12. The summed E-state index contributed by atoms with van der Waals surface area (Å²) in [5, 5.41) is 13.3. The predicted molar refractivity (Wildman–Crippen MR) is 99.2 cm³/mol. The van der Waals surface area contributed by atoms with Crippen molar-refractivity contribution in [3.05, 3.63) is 35.4 Å². The number of sulfone groups is 1. The Morgan fingerprint density at radius 1 is 1.26 bits per heavy atom. The van der Waals surface area contributed by atoms with Crippen molar-refractivity contribution in [2.45, 2.75) is 49.5 Å². The Labute approximate surface area is 175 Å². The second-order valence-electron chi connectivity index (χ2n) is 8.06. The van der Waals surface area contributed by atoms with E-state index in [4.69, 9.17) is 5.26 Å². The van der Waals surface area contributed by atoms with Gasteiger partial charge >= 0.3 is 6.18 Å². The number of nitriles is 1. The van der Waals surface area contributed by atoms with Crippen molar-refractivity contribution in [1.29, 1.82) is 5.26 Å². The minimum absolute atomic E-state index is 0.101. The van der Waals surface area contributed by atoms with E-state index in [0.29, 0.717) is 25.0 Å². The van der Waals surface area contributed by atoms with Crippen LogP contribution in [0, 0.1) is 28.9 Å². The highest BCUT2D eigenvalue weighted by molar-refractivity contribution is 7.91. The van der Waals surface area contributed by atoms with Crippen molar-refractivity contribution >= 4 is 15.7 Å². The lowest BCUT2D eigenvalue weighted by Crippen LogP contribution is -2.54. The molecule has 0 saturated heterocycles. The van der Waals surface area contributed by atoms with Crippen LogP contribution in [0.25, 0.3) is 0 Å². The van der Waals surface area contributed by atoms with Gasteiger partial charge in [0.25, 0.3) is 0 Å². The lowest BCUT2D eigenvalue weighted by molar-refractivity contribution is -0.161. The maximum Gasteiger partial charge on any atom is 0.408 e. The van der Waals surface area contributed by atoms with E-state index in [0.717, 1.165) is 0 Å². The zero-order chi connectivity index (χ0) is 23.0. The van der Waals surface area contributed by atoms with E-state index in [9.17, 15) is 35.2 Å². The third-order valence-electron chi connectivity index (χ3n) is 5.22. The molecule has 0 heterocycles. The maximum atomic E-state index is 14.1. The van der Waals surface area contributed by atoms with Gasteiger partial charge in [-0.25, -0.2) is 17.2 Å². The third kappa shape index (κ3) is 6.13. The van der Waals surface area contributed by atoms with Crippen molar-refractivity contribution in [2.75, 3.05) is 11.5 Å². The van der Waals surface area contributed by atoms with Crippen molar-refractivity contribution < 1.29 is 35.2 Å². The highest BCUT2D eigenvalue weighted by Crippen LogP contribution is 2.37. The number of benzene rings is 1. The highest BCUT2D eigenvalue weighted by Gasteiger charge is 2.48. The first-order valence-corrected chi connectivity index (χ1v) is 11.4. The van der Waals surface area contributed by atoms with Crippen molar-refractivity contribution in [2.24, 2.45) is 5.92 Å². The van der Waals surface area contributed by atoms with Crippen LogP contribution in [0.3, 0.4) is 0 Å². The van der Waals surface area contributed by atoms with Crippen LogP contribution >= 0.6 is 0 Å². The number of carbonyl (C=O) groups excluding carboxylic acids is 1. The summed E-state index contributed by atoms with van der Waals surface area (Å²) in [6, 6.07) is -1.34. The van der Waals surface area contributed by atoms with E-state index in [-0.39, 0.29) is 30.6 Å². The summed E-state index contributed by atoms with van der Waals surface area (Å²) in [4.78, 5) is 12.7. The number of rotatable bonds is 9. The molecule has 2 aliphatic carbocycles. The van der Waals surface area contributed by atoms with Gasteiger partial charge in [0.1, 0.15) is 29.3 Å². The Kier molecular flexibility index (Phi) is 6.30. The van der Waals surface area contributed by atoms with Gasteiger partial charge in [-0.2, -0.15) is 18.4 Å². The molecule has 2 atom stereocenters. The van der Waals surface area contributed by atoms with Gasteiger partial charge in [0.15, 0.2) is 9.84 Å². The third-order valence-corrected chi connectivity index (χ3v) is 7.04. The monoisotopic (exact) mass is 465 g/mol. The van der Waals surface area contributed by atoms with E-state index in [2.05, 4.69) is 5.32 Å². The highest BCUT2D eigenvalue weighted by atomic mass is 32.2. The van der Waals surface area contributed by atoms with Gasteiger partial charge < -0.3 is 5.32 Å². The molecule has 170 valence electrons. The Bertz CT molecular complexity index is 998. The van der Waals surface area contributed by atoms with E-state index in [1.54, 1.807) is 0 Å². The first-order chi connectivity index (χ1) is 14.3. The standard InChI is InChI=1S/C19H20F5N3O3S/c20-12-3-4-13(14(21)7-12)16(19(22,23)24)26-15(9-31(29,30)8-11-1-2-11)17(28)27-18(10-25)5-6-18/h3-4,7,11,15-16,26H,1-2,5-6,8-9H2,(H,27,28)/t15-,16+/m0/s1. The zero-order valence-corrected chi connectivity index (χ0v) is 17.0. The first-order valence-electron chi connectivity index (χ1n) is 9.55. The molecule has 6 nitrogen and oxygen atoms in total. The van der Waals surface area contributed by atoms with Crippen LogP contribution in [-0.4, -0.2) is 43.6 Å². The summed E-state index contributed by atoms with van der Waals surface area (Å²) in [6.07, 6.45) is -3.21. The average Bonchev–Trinajstić information content (AvgIpc) is 3.56. The minimum atomic E-state index is -5.12. The average molecular weight is 465 g/mol. The van der Waals surface area contributed by atoms with Crippen molar-refractivity contribution in [1.82, 2.24) is 10.6 Å². The molecular weight excluding hydrogens is 445 g/mol. The van der Waals surface area contributed by atoms with Gasteiger partial charge in [-0.1, -0.05) is 6.07 Å². The van der Waals surface area contributed by atoms with E-state index < -0.39 is 62.5 Å². The van der Waals surface area contributed by atoms with E-state index in [1.165, 1.54) is 0 Å². The first kappa shape index (κ1) is 23.4.